The van der Waals surface area contributed by atoms with Gasteiger partial charge in [0.1, 0.15) is 0 Å². The first-order valence-corrected chi connectivity index (χ1v) is 9.86. The van der Waals surface area contributed by atoms with E-state index in [0.717, 1.165) is 5.57 Å². The predicted molar refractivity (Wildman–Crippen MR) is 121 cm³/mol. The Morgan fingerprint density at radius 2 is 1.32 bits per heavy atom. The van der Waals surface area contributed by atoms with Gasteiger partial charge in [-0.1, -0.05) is 109 Å². The molecular weight excluding hydrogens is 336 g/mol. The van der Waals surface area contributed by atoms with Crippen molar-refractivity contribution in [3.05, 3.63) is 131 Å². The first-order chi connectivity index (χ1) is 13.6. The summed E-state index contributed by atoms with van der Waals surface area (Å²) in [6, 6.07) is 26.5. The van der Waals surface area contributed by atoms with Crippen LogP contribution >= 0.6 is 0 Å². The zero-order chi connectivity index (χ0) is 19.7. The normalized spacial score (nSPS) is 14.8. The van der Waals surface area contributed by atoms with Crippen molar-refractivity contribution in [2.45, 2.75) is 26.2 Å². The van der Waals surface area contributed by atoms with E-state index in [1.54, 1.807) is 0 Å². The molecule has 0 N–H and O–H groups in total. The predicted octanol–water partition coefficient (Wildman–Crippen LogP) is 7.39. The van der Waals surface area contributed by atoms with Crippen LogP contribution in [0.5, 0.6) is 0 Å². The monoisotopic (exact) mass is 362 g/mol. The minimum absolute atomic E-state index is 0.370. The SMILES string of the molecule is C=C(/C=C\C(C)=C/C)C1(c2ccc(C)cc2)c2ccccc2-c2ccccc21. The zero-order valence-electron chi connectivity index (χ0n) is 16.9. The van der Waals surface area contributed by atoms with Gasteiger partial charge in [-0.2, -0.15) is 0 Å². The van der Waals surface area contributed by atoms with E-state index in [2.05, 4.69) is 118 Å². The van der Waals surface area contributed by atoms with E-state index < -0.39 is 0 Å². The molecule has 0 aliphatic heterocycles. The fourth-order valence-electron chi connectivity index (χ4n) is 4.33. The zero-order valence-corrected chi connectivity index (χ0v) is 16.9. The number of benzene rings is 3. The number of allylic oxidation sites excluding steroid dienone is 5. The number of rotatable bonds is 4. The van der Waals surface area contributed by atoms with E-state index in [4.69, 9.17) is 0 Å². The Balaban J connectivity index is 2.06. The van der Waals surface area contributed by atoms with Gasteiger partial charge in [0, 0.05) is 0 Å². The summed E-state index contributed by atoms with van der Waals surface area (Å²) in [6.45, 7) is 10.9. The quantitative estimate of drug-likeness (QED) is 0.424. The van der Waals surface area contributed by atoms with Crippen LogP contribution in [0.15, 0.2) is 109 Å². The molecule has 0 nitrogen and oxygen atoms in total. The summed E-state index contributed by atoms with van der Waals surface area (Å²) >= 11 is 0. The Bertz CT molecular complexity index is 1050. The van der Waals surface area contributed by atoms with Gasteiger partial charge < -0.3 is 0 Å². The van der Waals surface area contributed by atoms with Crippen LogP contribution in [0, 0.1) is 6.92 Å². The van der Waals surface area contributed by atoms with Gasteiger partial charge in [0.2, 0.25) is 0 Å². The van der Waals surface area contributed by atoms with Crippen molar-refractivity contribution < 1.29 is 0 Å². The summed E-state index contributed by atoms with van der Waals surface area (Å²) in [5, 5.41) is 0. The number of aryl methyl sites for hydroxylation is 1. The molecule has 1 aliphatic carbocycles. The smallest absolute Gasteiger partial charge is 0.0707 e. The van der Waals surface area contributed by atoms with Crippen LogP contribution in [0.2, 0.25) is 0 Å². The molecule has 0 saturated heterocycles. The van der Waals surface area contributed by atoms with Crippen LogP contribution in [0.25, 0.3) is 11.1 Å². The molecule has 1 aliphatic rings. The molecule has 3 aromatic rings. The summed E-state index contributed by atoms with van der Waals surface area (Å²) in [5.41, 5.74) is 9.72. The third-order valence-electron chi connectivity index (χ3n) is 5.92. The van der Waals surface area contributed by atoms with E-state index in [-0.39, 0.29) is 5.41 Å². The lowest BCUT2D eigenvalue weighted by molar-refractivity contribution is 0.769. The lowest BCUT2D eigenvalue weighted by atomic mass is 9.67. The second-order valence-corrected chi connectivity index (χ2v) is 7.60. The van der Waals surface area contributed by atoms with E-state index >= 15 is 0 Å². The van der Waals surface area contributed by atoms with Gasteiger partial charge in [-0.15, -0.1) is 0 Å². The summed E-state index contributed by atoms with van der Waals surface area (Å²) in [7, 11) is 0. The fraction of sp³-hybridized carbons (Fsp3) is 0.143. The van der Waals surface area contributed by atoms with Crippen molar-refractivity contribution in [2.24, 2.45) is 0 Å². The molecule has 0 saturated carbocycles. The number of fused-ring (bicyclic) bond motifs is 3. The van der Waals surface area contributed by atoms with Crippen molar-refractivity contribution in [2.75, 3.05) is 0 Å². The van der Waals surface area contributed by atoms with Gasteiger partial charge in [0.15, 0.2) is 0 Å². The maximum Gasteiger partial charge on any atom is 0.0707 e. The first-order valence-electron chi connectivity index (χ1n) is 9.86. The highest BCUT2D eigenvalue weighted by atomic mass is 14.5. The van der Waals surface area contributed by atoms with Gasteiger partial charge in [-0.05, 0) is 54.2 Å². The third-order valence-corrected chi connectivity index (χ3v) is 5.92. The van der Waals surface area contributed by atoms with E-state index in [1.165, 1.54) is 39.0 Å². The topological polar surface area (TPSA) is 0 Å². The summed E-state index contributed by atoms with van der Waals surface area (Å²) in [5.74, 6) is 0. The molecule has 0 radical (unpaired) electrons. The van der Waals surface area contributed by atoms with Crippen LogP contribution in [0.3, 0.4) is 0 Å². The van der Waals surface area contributed by atoms with E-state index in [1.807, 2.05) is 0 Å². The minimum atomic E-state index is -0.370. The first kappa shape index (κ1) is 18.3. The molecule has 138 valence electrons. The highest BCUT2D eigenvalue weighted by molar-refractivity contribution is 5.86. The van der Waals surface area contributed by atoms with Gasteiger partial charge in [-0.25, -0.2) is 0 Å². The molecule has 3 aromatic carbocycles. The van der Waals surface area contributed by atoms with Crippen LogP contribution in [0.4, 0.5) is 0 Å². The molecule has 0 bridgehead atoms. The van der Waals surface area contributed by atoms with Gasteiger partial charge >= 0.3 is 0 Å². The van der Waals surface area contributed by atoms with E-state index in [9.17, 15) is 0 Å². The van der Waals surface area contributed by atoms with Crippen molar-refractivity contribution in [1.82, 2.24) is 0 Å². The Hall–Kier alpha value is -3.12. The Labute approximate surface area is 168 Å². The summed E-state index contributed by atoms with van der Waals surface area (Å²) in [6.07, 6.45) is 6.48. The lowest BCUT2D eigenvalue weighted by Gasteiger charge is -2.34. The Kier molecular flexibility index (Phi) is 4.65. The molecule has 0 atom stereocenters. The second-order valence-electron chi connectivity index (χ2n) is 7.60. The average Bonchev–Trinajstić information content (AvgIpc) is 3.04. The Morgan fingerprint density at radius 3 is 1.86 bits per heavy atom. The van der Waals surface area contributed by atoms with Crippen LogP contribution in [-0.4, -0.2) is 0 Å². The molecule has 0 heterocycles. The van der Waals surface area contributed by atoms with Gasteiger partial charge in [0.05, 0.1) is 5.41 Å². The minimum Gasteiger partial charge on any atom is -0.0942 e. The van der Waals surface area contributed by atoms with Crippen molar-refractivity contribution in [1.29, 1.82) is 0 Å². The van der Waals surface area contributed by atoms with Crippen molar-refractivity contribution >= 4 is 0 Å². The number of hydrogen-bond acceptors (Lipinski definition) is 0. The Morgan fingerprint density at radius 1 is 0.786 bits per heavy atom. The molecule has 4 rings (SSSR count). The highest BCUT2D eigenvalue weighted by Crippen LogP contribution is 2.56. The fourth-order valence-corrected chi connectivity index (χ4v) is 4.33. The molecule has 0 unspecified atom stereocenters. The highest BCUT2D eigenvalue weighted by Gasteiger charge is 2.45. The number of hydrogen-bond donors (Lipinski definition) is 0. The molecule has 0 heteroatoms. The van der Waals surface area contributed by atoms with Crippen molar-refractivity contribution in [3.63, 3.8) is 0 Å². The van der Waals surface area contributed by atoms with Crippen molar-refractivity contribution in [3.8, 4) is 11.1 Å². The summed E-state index contributed by atoms with van der Waals surface area (Å²) < 4.78 is 0. The summed E-state index contributed by atoms with van der Waals surface area (Å²) in [4.78, 5) is 0. The molecule has 28 heavy (non-hydrogen) atoms. The largest absolute Gasteiger partial charge is 0.0942 e. The average molecular weight is 363 g/mol. The van der Waals surface area contributed by atoms with Crippen LogP contribution in [-0.2, 0) is 5.41 Å². The molecule has 0 spiro atoms. The van der Waals surface area contributed by atoms with Gasteiger partial charge in [-0.3, -0.25) is 0 Å². The molecule has 0 amide bonds. The maximum absolute atomic E-state index is 4.60. The maximum atomic E-state index is 4.60. The second kappa shape index (κ2) is 7.13. The molecule has 0 fully saturated rings. The molecule has 0 aromatic heterocycles. The van der Waals surface area contributed by atoms with Crippen LogP contribution in [0.1, 0.15) is 36.1 Å². The standard InChI is InChI=1S/C28H26/c1-5-20(2)14-17-22(4)28(23-18-15-21(3)16-19-23)26-12-8-6-10-24(26)25-11-7-9-13-27(25)28/h5-19H,4H2,1-3H3/b17-14-,20-5-. The third kappa shape index (κ3) is 2.68. The molecular formula is C28H26. The lowest BCUT2D eigenvalue weighted by Crippen LogP contribution is -2.28. The van der Waals surface area contributed by atoms with E-state index in [0.29, 0.717) is 0 Å². The van der Waals surface area contributed by atoms with Gasteiger partial charge in [0.25, 0.3) is 0 Å². The van der Waals surface area contributed by atoms with Crippen LogP contribution < -0.4 is 0 Å².